The molecule has 0 unspecified atom stereocenters. The van der Waals surface area contributed by atoms with Gasteiger partial charge in [0.05, 0.1) is 6.61 Å². The summed E-state index contributed by atoms with van der Waals surface area (Å²) >= 11 is 7.65. The second-order valence-electron chi connectivity index (χ2n) is 6.72. The maximum Gasteiger partial charge on any atom is 0.255 e. The molecule has 1 N–H and O–H groups in total. The number of hydrogen-bond acceptors (Lipinski definition) is 3. The molecule has 29 heavy (non-hydrogen) atoms. The molecule has 0 aliphatic carbocycles. The van der Waals surface area contributed by atoms with Gasteiger partial charge in [-0.1, -0.05) is 29.8 Å². The van der Waals surface area contributed by atoms with Crippen molar-refractivity contribution in [3.05, 3.63) is 87.9 Å². The molecule has 150 valence electrons. The monoisotopic (exact) mass is 425 g/mol. The molecule has 0 heterocycles. The van der Waals surface area contributed by atoms with Gasteiger partial charge in [0, 0.05) is 32.5 Å². The predicted molar refractivity (Wildman–Crippen MR) is 122 cm³/mol. The van der Waals surface area contributed by atoms with Crippen LogP contribution in [0, 0.1) is 13.8 Å². The van der Waals surface area contributed by atoms with E-state index in [1.165, 1.54) is 0 Å². The van der Waals surface area contributed by atoms with Crippen LogP contribution in [0.3, 0.4) is 0 Å². The van der Waals surface area contributed by atoms with Gasteiger partial charge in [-0.05, 0) is 74.4 Å². The summed E-state index contributed by atoms with van der Waals surface area (Å²) in [7, 11) is 0. The fraction of sp³-hybridized carbons (Fsp3) is 0.208. The molecule has 0 spiro atoms. The molecular weight excluding hydrogens is 402 g/mol. The van der Waals surface area contributed by atoms with Crippen molar-refractivity contribution in [1.29, 1.82) is 0 Å². The summed E-state index contributed by atoms with van der Waals surface area (Å²) in [6.07, 6.45) is 0. The fourth-order valence-corrected chi connectivity index (χ4v) is 4.02. The van der Waals surface area contributed by atoms with Crippen molar-refractivity contribution < 1.29 is 9.53 Å². The average Bonchev–Trinajstić information content (AvgIpc) is 2.71. The highest BCUT2D eigenvalue weighted by Crippen LogP contribution is 2.30. The third-order valence-electron chi connectivity index (χ3n) is 4.55. The standard InChI is InChI=1S/C24H24ClNO2S/c1-4-28-22-13-8-18(24(27)26-23-16(2)6-5-7-17(23)3)14-19(22)15-29-21-11-9-20(25)10-12-21/h5-14H,4,15H2,1-3H3,(H,26,27). The number of aryl methyl sites for hydroxylation is 2. The lowest BCUT2D eigenvalue weighted by molar-refractivity contribution is 0.102. The first-order chi connectivity index (χ1) is 14.0. The van der Waals surface area contributed by atoms with Crippen LogP contribution in [0.4, 0.5) is 5.69 Å². The molecule has 0 fully saturated rings. The van der Waals surface area contributed by atoms with Crippen molar-refractivity contribution in [2.75, 3.05) is 11.9 Å². The van der Waals surface area contributed by atoms with E-state index in [9.17, 15) is 4.79 Å². The van der Waals surface area contributed by atoms with Crippen LogP contribution in [0.1, 0.15) is 34.0 Å². The molecular formula is C24H24ClNO2S. The van der Waals surface area contributed by atoms with Gasteiger partial charge in [-0.15, -0.1) is 11.8 Å². The Labute approximate surface area is 181 Å². The summed E-state index contributed by atoms with van der Waals surface area (Å²) in [5, 5.41) is 3.77. The summed E-state index contributed by atoms with van der Waals surface area (Å²) in [4.78, 5) is 14.0. The molecule has 0 aliphatic heterocycles. The number of amides is 1. The number of thioether (sulfide) groups is 1. The minimum absolute atomic E-state index is 0.122. The molecule has 0 saturated carbocycles. The number of para-hydroxylation sites is 1. The molecule has 0 aliphatic rings. The Balaban J connectivity index is 1.81. The van der Waals surface area contributed by atoms with Crippen LogP contribution >= 0.6 is 23.4 Å². The summed E-state index contributed by atoms with van der Waals surface area (Å²) in [6, 6.07) is 19.3. The lowest BCUT2D eigenvalue weighted by Gasteiger charge is -2.14. The zero-order chi connectivity index (χ0) is 20.8. The third kappa shape index (κ3) is 5.55. The van der Waals surface area contributed by atoms with Gasteiger partial charge in [0.2, 0.25) is 0 Å². The quantitative estimate of drug-likeness (QED) is 0.418. The van der Waals surface area contributed by atoms with Gasteiger partial charge in [-0.25, -0.2) is 0 Å². The van der Waals surface area contributed by atoms with E-state index in [1.54, 1.807) is 11.8 Å². The number of carbonyl (C=O) groups is 1. The number of nitrogens with one attached hydrogen (secondary N) is 1. The normalized spacial score (nSPS) is 10.6. The van der Waals surface area contributed by atoms with E-state index < -0.39 is 0 Å². The van der Waals surface area contributed by atoms with Crippen LogP contribution in [0.15, 0.2) is 65.6 Å². The first-order valence-electron chi connectivity index (χ1n) is 9.49. The van der Waals surface area contributed by atoms with Crippen LogP contribution < -0.4 is 10.1 Å². The molecule has 5 heteroatoms. The topological polar surface area (TPSA) is 38.3 Å². The number of benzene rings is 3. The van der Waals surface area contributed by atoms with Crippen molar-refractivity contribution in [1.82, 2.24) is 0 Å². The van der Waals surface area contributed by atoms with Gasteiger partial charge >= 0.3 is 0 Å². The van der Waals surface area contributed by atoms with Gasteiger partial charge in [0.15, 0.2) is 0 Å². The van der Waals surface area contributed by atoms with Crippen LogP contribution in [-0.2, 0) is 5.75 Å². The van der Waals surface area contributed by atoms with Gasteiger partial charge in [0.1, 0.15) is 5.75 Å². The van der Waals surface area contributed by atoms with Crippen LogP contribution in [-0.4, -0.2) is 12.5 Å². The smallest absolute Gasteiger partial charge is 0.255 e. The molecule has 0 atom stereocenters. The molecule has 0 saturated heterocycles. The molecule has 0 radical (unpaired) electrons. The molecule has 3 aromatic rings. The van der Waals surface area contributed by atoms with Crippen molar-refractivity contribution in [2.45, 2.75) is 31.4 Å². The van der Waals surface area contributed by atoms with E-state index in [1.807, 2.05) is 81.4 Å². The van der Waals surface area contributed by atoms with E-state index in [2.05, 4.69) is 5.32 Å². The van der Waals surface area contributed by atoms with Gasteiger partial charge in [0.25, 0.3) is 5.91 Å². The second-order valence-corrected chi connectivity index (χ2v) is 8.20. The SMILES string of the molecule is CCOc1ccc(C(=O)Nc2c(C)cccc2C)cc1CSc1ccc(Cl)cc1. The van der Waals surface area contributed by atoms with Crippen molar-refractivity contribution in [3.63, 3.8) is 0 Å². The maximum absolute atomic E-state index is 12.9. The first kappa shape index (κ1) is 21.3. The van der Waals surface area contributed by atoms with Gasteiger partial charge < -0.3 is 10.1 Å². The average molecular weight is 426 g/mol. The van der Waals surface area contributed by atoms with Gasteiger partial charge in [-0.2, -0.15) is 0 Å². The number of rotatable bonds is 7. The number of halogens is 1. The van der Waals surface area contributed by atoms with Crippen molar-refractivity contribution in [2.24, 2.45) is 0 Å². The number of anilines is 1. The highest BCUT2D eigenvalue weighted by molar-refractivity contribution is 7.98. The molecule has 1 amide bonds. The van der Waals surface area contributed by atoms with Gasteiger partial charge in [-0.3, -0.25) is 4.79 Å². The van der Waals surface area contributed by atoms with E-state index in [4.69, 9.17) is 16.3 Å². The first-order valence-corrected chi connectivity index (χ1v) is 10.9. The zero-order valence-corrected chi connectivity index (χ0v) is 18.4. The number of hydrogen-bond donors (Lipinski definition) is 1. The lowest BCUT2D eigenvalue weighted by Crippen LogP contribution is -2.14. The Bertz CT molecular complexity index is 982. The number of carbonyl (C=O) groups excluding carboxylic acids is 1. The minimum Gasteiger partial charge on any atom is -0.494 e. The fourth-order valence-electron chi connectivity index (χ4n) is 3.02. The predicted octanol–water partition coefficient (Wildman–Crippen LogP) is 6.90. The van der Waals surface area contributed by atoms with Crippen molar-refractivity contribution >= 4 is 35.0 Å². The summed E-state index contributed by atoms with van der Waals surface area (Å²) in [6.45, 7) is 6.52. The molecule has 3 nitrogen and oxygen atoms in total. The van der Waals surface area contributed by atoms with Crippen molar-refractivity contribution in [3.8, 4) is 5.75 Å². The highest BCUT2D eigenvalue weighted by Gasteiger charge is 2.13. The lowest BCUT2D eigenvalue weighted by atomic mass is 10.1. The Kier molecular flexibility index (Phi) is 7.24. The van der Waals surface area contributed by atoms with Crippen LogP contribution in [0.25, 0.3) is 0 Å². The summed E-state index contributed by atoms with van der Waals surface area (Å²) < 4.78 is 5.77. The highest BCUT2D eigenvalue weighted by atomic mass is 35.5. The number of ether oxygens (including phenoxy) is 1. The van der Waals surface area contributed by atoms with E-state index in [-0.39, 0.29) is 5.91 Å². The zero-order valence-electron chi connectivity index (χ0n) is 16.8. The van der Waals surface area contributed by atoms with Crippen LogP contribution in [0.5, 0.6) is 5.75 Å². The summed E-state index contributed by atoms with van der Waals surface area (Å²) in [5.74, 6) is 1.38. The Hall–Kier alpha value is -2.43. The molecule has 0 bridgehead atoms. The Morgan fingerprint density at radius 2 is 1.72 bits per heavy atom. The van der Waals surface area contributed by atoms with E-state index in [0.29, 0.717) is 17.9 Å². The Morgan fingerprint density at radius 1 is 1.03 bits per heavy atom. The minimum atomic E-state index is -0.122. The van der Waals surface area contributed by atoms with E-state index in [0.717, 1.165) is 38.0 Å². The summed E-state index contributed by atoms with van der Waals surface area (Å²) in [5.41, 5.74) is 4.55. The Morgan fingerprint density at radius 3 is 2.38 bits per heavy atom. The largest absolute Gasteiger partial charge is 0.494 e. The molecule has 3 rings (SSSR count). The molecule has 3 aromatic carbocycles. The second kappa shape index (κ2) is 9.86. The molecule has 0 aromatic heterocycles. The third-order valence-corrected chi connectivity index (χ3v) is 5.86. The van der Waals surface area contributed by atoms with Crippen LogP contribution in [0.2, 0.25) is 5.02 Å². The maximum atomic E-state index is 12.9. The van der Waals surface area contributed by atoms with E-state index >= 15 is 0 Å².